The van der Waals surface area contributed by atoms with Gasteiger partial charge in [-0.2, -0.15) is 0 Å². The molecule has 1 amide bonds. The maximum absolute atomic E-state index is 11.9. The number of nitrogens with one attached hydrogen (secondary N) is 1. The van der Waals surface area contributed by atoms with E-state index in [1.165, 1.54) is 12.8 Å². The quantitative estimate of drug-likeness (QED) is 0.916. The molecule has 19 heavy (non-hydrogen) atoms. The molecule has 4 heteroatoms. The van der Waals surface area contributed by atoms with E-state index in [9.17, 15) is 4.79 Å². The summed E-state index contributed by atoms with van der Waals surface area (Å²) in [6, 6.07) is 7.75. The van der Waals surface area contributed by atoms with Crippen molar-refractivity contribution in [2.45, 2.75) is 32.2 Å². The zero-order chi connectivity index (χ0) is 13.1. The maximum Gasteiger partial charge on any atom is 0.223 e. The number of rotatable bonds is 3. The minimum absolute atomic E-state index is 0.160. The van der Waals surface area contributed by atoms with Crippen LogP contribution in [0.1, 0.15) is 31.4 Å². The van der Waals surface area contributed by atoms with Crippen LogP contribution in [0.25, 0.3) is 11.0 Å². The number of hydrogen-bond donors (Lipinski definition) is 1. The summed E-state index contributed by atoms with van der Waals surface area (Å²) in [5, 5.41) is 2.96. The Bertz CT molecular complexity index is 591. The Balaban J connectivity index is 1.66. The number of hydrogen-bond acceptors (Lipinski definition) is 3. The lowest BCUT2D eigenvalue weighted by atomic mass is 10.1. The number of amides is 1. The molecule has 2 aromatic rings. The third kappa shape index (κ3) is 2.72. The summed E-state index contributed by atoms with van der Waals surface area (Å²) < 4.78 is 0. The van der Waals surface area contributed by atoms with E-state index in [1.54, 1.807) is 6.20 Å². The van der Waals surface area contributed by atoms with Crippen molar-refractivity contribution in [3.63, 3.8) is 0 Å². The molecule has 4 nitrogen and oxygen atoms in total. The molecule has 0 saturated heterocycles. The van der Waals surface area contributed by atoms with Gasteiger partial charge in [-0.15, -0.1) is 0 Å². The van der Waals surface area contributed by atoms with Crippen LogP contribution < -0.4 is 5.32 Å². The Morgan fingerprint density at radius 3 is 2.74 bits per heavy atom. The zero-order valence-corrected chi connectivity index (χ0v) is 10.8. The first-order chi connectivity index (χ1) is 9.33. The second kappa shape index (κ2) is 5.34. The number of benzene rings is 1. The van der Waals surface area contributed by atoms with Crippen molar-refractivity contribution in [2.75, 3.05) is 0 Å². The van der Waals surface area contributed by atoms with E-state index >= 15 is 0 Å². The van der Waals surface area contributed by atoms with E-state index in [0.717, 1.165) is 29.6 Å². The average molecular weight is 255 g/mol. The molecule has 0 radical (unpaired) electrons. The van der Waals surface area contributed by atoms with Crippen LogP contribution in [-0.4, -0.2) is 15.9 Å². The fourth-order valence-corrected chi connectivity index (χ4v) is 2.59. The van der Waals surface area contributed by atoms with Crippen LogP contribution in [-0.2, 0) is 11.3 Å². The van der Waals surface area contributed by atoms with Gasteiger partial charge in [0.15, 0.2) is 0 Å². The van der Waals surface area contributed by atoms with Gasteiger partial charge in [-0.25, -0.2) is 4.98 Å². The second-order valence-corrected chi connectivity index (χ2v) is 5.05. The number of carbonyl (C=O) groups excluding carboxylic acids is 1. The molecule has 3 rings (SSSR count). The molecule has 1 aliphatic carbocycles. The number of carbonyl (C=O) groups is 1. The van der Waals surface area contributed by atoms with Crippen molar-refractivity contribution in [3.05, 3.63) is 36.2 Å². The number of para-hydroxylation sites is 2. The van der Waals surface area contributed by atoms with E-state index in [-0.39, 0.29) is 11.8 Å². The summed E-state index contributed by atoms with van der Waals surface area (Å²) in [5.74, 6) is 0.362. The van der Waals surface area contributed by atoms with Crippen LogP contribution >= 0.6 is 0 Å². The highest BCUT2D eigenvalue weighted by atomic mass is 16.1. The van der Waals surface area contributed by atoms with Gasteiger partial charge in [-0.3, -0.25) is 9.78 Å². The van der Waals surface area contributed by atoms with E-state index < -0.39 is 0 Å². The van der Waals surface area contributed by atoms with Crippen molar-refractivity contribution in [2.24, 2.45) is 5.92 Å². The lowest BCUT2D eigenvalue weighted by molar-refractivity contribution is -0.124. The molecule has 0 unspecified atom stereocenters. The third-order valence-corrected chi connectivity index (χ3v) is 3.67. The van der Waals surface area contributed by atoms with Gasteiger partial charge in [-0.05, 0) is 25.0 Å². The molecule has 0 spiro atoms. The molecule has 0 atom stereocenters. The largest absolute Gasteiger partial charge is 0.350 e. The molecular formula is C15H17N3O. The standard InChI is InChI=1S/C15H17N3O/c19-15(11-5-1-2-6-11)17-10-12-9-16-13-7-3-4-8-14(13)18-12/h3-4,7-9,11H,1-2,5-6,10H2,(H,17,19). The molecule has 1 aliphatic rings. The Labute approximate surface area is 112 Å². The summed E-state index contributed by atoms with van der Waals surface area (Å²) in [4.78, 5) is 20.8. The highest BCUT2D eigenvalue weighted by Crippen LogP contribution is 2.24. The number of nitrogens with zero attached hydrogens (tertiary/aromatic N) is 2. The second-order valence-electron chi connectivity index (χ2n) is 5.05. The molecule has 0 aliphatic heterocycles. The van der Waals surface area contributed by atoms with E-state index in [2.05, 4.69) is 15.3 Å². The van der Waals surface area contributed by atoms with Gasteiger partial charge in [0.05, 0.1) is 29.5 Å². The highest BCUT2D eigenvalue weighted by molar-refractivity contribution is 5.79. The average Bonchev–Trinajstić information content (AvgIpc) is 2.99. The summed E-state index contributed by atoms with van der Waals surface area (Å²) in [7, 11) is 0. The molecule has 1 aromatic heterocycles. The van der Waals surface area contributed by atoms with Gasteiger partial charge in [0, 0.05) is 5.92 Å². The lowest BCUT2D eigenvalue weighted by Gasteiger charge is -2.10. The molecule has 98 valence electrons. The van der Waals surface area contributed by atoms with Crippen molar-refractivity contribution in [1.29, 1.82) is 0 Å². The molecule has 1 aromatic carbocycles. The minimum Gasteiger partial charge on any atom is -0.350 e. The van der Waals surface area contributed by atoms with E-state index in [4.69, 9.17) is 0 Å². The van der Waals surface area contributed by atoms with Crippen LogP contribution in [0.2, 0.25) is 0 Å². The highest BCUT2D eigenvalue weighted by Gasteiger charge is 2.22. The first-order valence-electron chi connectivity index (χ1n) is 6.81. The Hall–Kier alpha value is -1.97. The SMILES string of the molecule is O=C(NCc1cnc2ccccc2n1)C1CCCC1. The van der Waals surface area contributed by atoms with Crippen LogP contribution in [0.5, 0.6) is 0 Å². The van der Waals surface area contributed by atoms with Crippen LogP contribution in [0.3, 0.4) is 0 Å². The first-order valence-corrected chi connectivity index (χ1v) is 6.81. The van der Waals surface area contributed by atoms with Crippen molar-refractivity contribution in [3.8, 4) is 0 Å². The van der Waals surface area contributed by atoms with E-state index in [1.807, 2.05) is 24.3 Å². The van der Waals surface area contributed by atoms with Gasteiger partial charge in [-0.1, -0.05) is 25.0 Å². The van der Waals surface area contributed by atoms with Crippen LogP contribution in [0.4, 0.5) is 0 Å². The molecular weight excluding hydrogens is 238 g/mol. The third-order valence-electron chi connectivity index (χ3n) is 3.67. The summed E-state index contributed by atoms with van der Waals surface area (Å²) in [6.45, 7) is 0.465. The molecule has 1 heterocycles. The Morgan fingerprint density at radius 2 is 1.95 bits per heavy atom. The summed E-state index contributed by atoms with van der Waals surface area (Å²) in [6.07, 6.45) is 6.13. The molecule has 1 fully saturated rings. The molecule has 1 saturated carbocycles. The maximum atomic E-state index is 11.9. The van der Waals surface area contributed by atoms with Crippen LogP contribution in [0, 0.1) is 5.92 Å². The topological polar surface area (TPSA) is 54.9 Å². The predicted molar refractivity (Wildman–Crippen MR) is 73.3 cm³/mol. The van der Waals surface area contributed by atoms with Crippen molar-refractivity contribution in [1.82, 2.24) is 15.3 Å². The fourth-order valence-electron chi connectivity index (χ4n) is 2.59. The predicted octanol–water partition coefficient (Wildman–Crippen LogP) is 2.44. The van der Waals surface area contributed by atoms with Gasteiger partial charge >= 0.3 is 0 Å². The van der Waals surface area contributed by atoms with Gasteiger partial charge < -0.3 is 5.32 Å². The fraction of sp³-hybridized carbons (Fsp3) is 0.400. The van der Waals surface area contributed by atoms with Crippen molar-refractivity contribution >= 4 is 16.9 Å². The minimum atomic E-state index is 0.160. The van der Waals surface area contributed by atoms with Gasteiger partial charge in [0.1, 0.15) is 0 Å². The van der Waals surface area contributed by atoms with Crippen LogP contribution in [0.15, 0.2) is 30.5 Å². The normalized spacial score (nSPS) is 15.8. The number of aromatic nitrogens is 2. The Kier molecular flexibility index (Phi) is 3.40. The summed E-state index contributed by atoms with van der Waals surface area (Å²) in [5.41, 5.74) is 2.56. The zero-order valence-electron chi connectivity index (χ0n) is 10.8. The monoisotopic (exact) mass is 255 g/mol. The summed E-state index contributed by atoms with van der Waals surface area (Å²) >= 11 is 0. The smallest absolute Gasteiger partial charge is 0.223 e. The molecule has 1 N–H and O–H groups in total. The van der Waals surface area contributed by atoms with E-state index in [0.29, 0.717) is 6.54 Å². The van der Waals surface area contributed by atoms with Crippen molar-refractivity contribution < 1.29 is 4.79 Å². The van der Waals surface area contributed by atoms with Gasteiger partial charge in [0.25, 0.3) is 0 Å². The Morgan fingerprint density at radius 1 is 1.21 bits per heavy atom. The molecule has 0 bridgehead atoms. The first kappa shape index (κ1) is 12.1. The number of fused-ring (bicyclic) bond motifs is 1. The van der Waals surface area contributed by atoms with Gasteiger partial charge in [0.2, 0.25) is 5.91 Å². The lowest BCUT2D eigenvalue weighted by Crippen LogP contribution is -2.29.